The van der Waals surface area contributed by atoms with E-state index >= 15 is 0 Å². The fraction of sp³-hybridized carbons (Fsp3) is 0. The van der Waals surface area contributed by atoms with Crippen molar-refractivity contribution in [1.29, 1.82) is 5.26 Å². The number of para-hydroxylation sites is 1. The van der Waals surface area contributed by atoms with Crippen LogP contribution in [0.1, 0.15) is 5.56 Å². The summed E-state index contributed by atoms with van der Waals surface area (Å²) in [6, 6.07) is 23.5. The summed E-state index contributed by atoms with van der Waals surface area (Å²) in [5, 5.41) is 16.7. The van der Waals surface area contributed by atoms with Gasteiger partial charge in [-0.2, -0.15) is 10.2 Å². The van der Waals surface area contributed by atoms with Crippen LogP contribution in [0.3, 0.4) is 0 Å². The van der Waals surface area contributed by atoms with Gasteiger partial charge in [0, 0.05) is 11.8 Å². The number of anilines is 2. The molecule has 5 nitrogen and oxygen atoms in total. The minimum Gasteiger partial charge on any atom is -0.322 e. The number of nitrogens with zero attached hydrogens (tertiary/aromatic N) is 4. The number of benzene rings is 2. The molecule has 2 heterocycles. The quantitative estimate of drug-likeness (QED) is 0.621. The van der Waals surface area contributed by atoms with Crippen LogP contribution in [-0.2, 0) is 0 Å². The van der Waals surface area contributed by atoms with Crippen molar-refractivity contribution in [3.8, 4) is 17.2 Å². The van der Waals surface area contributed by atoms with Crippen molar-refractivity contribution >= 4 is 17.3 Å². The highest BCUT2D eigenvalue weighted by atomic mass is 15.3. The van der Waals surface area contributed by atoms with Crippen molar-refractivity contribution in [2.45, 2.75) is 0 Å². The second-order valence-corrected chi connectivity index (χ2v) is 5.30. The molecule has 0 bridgehead atoms. The van der Waals surface area contributed by atoms with Gasteiger partial charge in [0.05, 0.1) is 11.3 Å². The second kappa shape index (κ2) is 5.86. The van der Waals surface area contributed by atoms with E-state index in [1.54, 1.807) is 10.6 Å². The Labute approximate surface area is 138 Å². The van der Waals surface area contributed by atoms with Gasteiger partial charge in [-0.3, -0.25) is 0 Å². The minimum absolute atomic E-state index is 0.461. The largest absolute Gasteiger partial charge is 0.322 e. The molecule has 0 saturated carbocycles. The summed E-state index contributed by atoms with van der Waals surface area (Å²) < 4.78 is 1.74. The summed E-state index contributed by atoms with van der Waals surface area (Å²) in [4.78, 5) is 4.45. The summed E-state index contributed by atoms with van der Waals surface area (Å²) in [5.74, 6) is 0.461. The molecule has 114 valence electrons. The zero-order valence-corrected chi connectivity index (χ0v) is 12.7. The highest BCUT2D eigenvalue weighted by Gasteiger charge is 2.07. The first-order chi connectivity index (χ1) is 11.8. The predicted molar refractivity (Wildman–Crippen MR) is 92.9 cm³/mol. The zero-order chi connectivity index (χ0) is 16.4. The monoisotopic (exact) mass is 311 g/mol. The lowest BCUT2D eigenvalue weighted by atomic mass is 10.1. The van der Waals surface area contributed by atoms with Gasteiger partial charge in [0.2, 0.25) is 5.95 Å². The molecule has 2 aromatic carbocycles. The zero-order valence-electron chi connectivity index (χ0n) is 12.7. The van der Waals surface area contributed by atoms with E-state index in [1.165, 1.54) is 0 Å². The van der Waals surface area contributed by atoms with E-state index in [2.05, 4.69) is 33.6 Å². The summed E-state index contributed by atoms with van der Waals surface area (Å²) >= 11 is 0. The first kappa shape index (κ1) is 14.0. The normalized spacial score (nSPS) is 10.5. The molecular formula is C19H13N5. The molecular weight excluding hydrogens is 298 g/mol. The number of fused-ring (bicyclic) bond motifs is 1. The highest BCUT2D eigenvalue weighted by molar-refractivity contribution is 5.66. The lowest BCUT2D eigenvalue weighted by Gasteiger charge is -2.02. The van der Waals surface area contributed by atoms with Crippen LogP contribution >= 0.6 is 0 Å². The minimum atomic E-state index is 0.461. The number of nitriles is 1. The van der Waals surface area contributed by atoms with Crippen molar-refractivity contribution in [3.63, 3.8) is 0 Å². The molecule has 0 atom stereocenters. The molecule has 2 aromatic heterocycles. The van der Waals surface area contributed by atoms with Gasteiger partial charge in [0.1, 0.15) is 6.07 Å². The first-order valence-corrected chi connectivity index (χ1v) is 7.51. The van der Waals surface area contributed by atoms with Crippen molar-refractivity contribution in [2.75, 3.05) is 5.32 Å². The van der Waals surface area contributed by atoms with Crippen LogP contribution < -0.4 is 5.32 Å². The van der Waals surface area contributed by atoms with Crippen molar-refractivity contribution in [1.82, 2.24) is 14.6 Å². The summed E-state index contributed by atoms with van der Waals surface area (Å²) in [5.41, 5.74) is 4.18. The molecule has 0 amide bonds. The van der Waals surface area contributed by atoms with E-state index in [0.29, 0.717) is 17.2 Å². The van der Waals surface area contributed by atoms with Crippen molar-refractivity contribution < 1.29 is 0 Å². The third-order valence-electron chi connectivity index (χ3n) is 3.73. The Morgan fingerprint density at radius 3 is 2.50 bits per heavy atom. The molecule has 5 heteroatoms. The number of nitrogens with one attached hydrogen (secondary N) is 1. The van der Waals surface area contributed by atoms with Crippen LogP contribution in [0.25, 0.3) is 16.8 Å². The average Bonchev–Trinajstić information content (AvgIpc) is 3.04. The van der Waals surface area contributed by atoms with Crippen LogP contribution in [0.5, 0.6) is 0 Å². The third kappa shape index (κ3) is 2.57. The number of aromatic nitrogens is 3. The lowest BCUT2D eigenvalue weighted by molar-refractivity contribution is 0.967. The van der Waals surface area contributed by atoms with Gasteiger partial charge in [0.15, 0.2) is 5.65 Å². The smallest absolute Gasteiger partial charge is 0.247 e. The molecule has 1 N–H and O–H groups in total. The van der Waals surface area contributed by atoms with Gasteiger partial charge < -0.3 is 5.32 Å². The molecule has 0 aliphatic heterocycles. The maximum atomic E-state index is 9.16. The molecule has 0 saturated heterocycles. The Morgan fingerprint density at radius 2 is 1.67 bits per heavy atom. The van der Waals surface area contributed by atoms with Gasteiger partial charge in [-0.05, 0) is 29.8 Å². The van der Waals surface area contributed by atoms with E-state index in [0.717, 1.165) is 16.8 Å². The maximum Gasteiger partial charge on any atom is 0.247 e. The van der Waals surface area contributed by atoms with E-state index < -0.39 is 0 Å². The summed E-state index contributed by atoms with van der Waals surface area (Å²) in [7, 11) is 0. The van der Waals surface area contributed by atoms with E-state index in [1.807, 2.05) is 54.7 Å². The van der Waals surface area contributed by atoms with Crippen LogP contribution in [0.15, 0.2) is 72.9 Å². The Balaban J connectivity index is 1.70. The number of pyridine rings is 1. The van der Waals surface area contributed by atoms with E-state index in [-0.39, 0.29) is 0 Å². The van der Waals surface area contributed by atoms with Crippen molar-refractivity contribution in [3.05, 3.63) is 78.5 Å². The standard InChI is InChI=1S/C19H13N5/c20-12-15-8-4-5-9-17(15)21-19-22-18-11-10-16(13-24(18)23-19)14-6-2-1-3-7-14/h1-11,13H,(H,21,23). The molecule has 0 aliphatic rings. The maximum absolute atomic E-state index is 9.16. The molecule has 0 fully saturated rings. The highest BCUT2D eigenvalue weighted by Crippen LogP contribution is 2.21. The van der Waals surface area contributed by atoms with E-state index in [9.17, 15) is 0 Å². The summed E-state index contributed by atoms with van der Waals surface area (Å²) in [6.07, 6.45) is 1.94. The van der Waals surface area contributed by atoms with Crippen LogP contribution in [0.4, 0.5) is 11.6 Å². The molecule has 4 aromatic rings. The van der Waals surface area contributed by atoms with Crippen LogP contribution in [0.2, 0.25) is 0 Å². The third-order valence-corrected chi connectivity index (χ3v) is 3.73. The van der Waals surface area contributed by atoms with E-state index in [4.69, 9.17) is 5.26 Å². The number of hydrogen-bond acceptors (Lipinski definition) is 4. The predicted octanol–water partition coefficient (Wildman–Crippen LogP) is 4.01. The second-order valence-electron chi connectivity index (χ2n) is 5.30. The van der Waals surface area contributed by atoms with Gasteiger partial charge in [-0.15, -0.1) is 5.10 Å². The Hall–Kier alpha value is -3.65. The number of rotatable bonds is 3. The SMILES string of the molecule is N#Cc1ccccc1Nc1nc2ccc(-c3ccccc3)cn2n1. The lowest BCUT2D eigenvalue weighted by Crippen LogP contribution is -1.95. The van der Waals surface area contributed by atoms with Gasteiger partial charge >= 0.3 is 0 Å². The molecule has 4 rings (SSSR count). The Morgan fingerprint density at radius 1 is 0.875 bits per heavy atom. The summed E-state index contributed by atoms with van der Waals surface area (Å²) in [6.45, 7) is 0. The van der Waals surface area contributed by atoms with Gasteiger partial charge in [0.25, 0.3) is 0 Å². The average molecular weight is 311 g/mol. The van der Waals surface area contributed by atoms with Gasteiger partial charge in [-0.25, -0.2) is 4.52 Å². The number of hydrogen-bond donors (Lipinski definition) is 1. The fourth-order valence-electron chi connectivity index (χ4n) is 2.55. The molecule has 24 heavy (non-hydrogen) atoms. The topological polar surface area (TPSA) is 66.0 Å². The van der Waals surface area contributed by atoms with Crippen LogP contribution in [-0.4, -0.2) is 14.6 Å². The fourth-order valence-corrected chi connectivity index (χ4v) is 2.55. The Bertz CT molecular complexity index is 1040. The van der Waals surface area contributed by atoms with Crippen molar-refractivity contribution in [2.24, 2.45) is 0 Å². The molecule has 0 spiro atoms. The van der Waals surface area contributed by atoms with Gasteiger partial charge in [-0.1, -0.05) is 42.5 Å². The van der Waals surface area contributed by atoms with Crippen LogP contribution in [0, 0.1) is 11.3 Å². The molecule has 0 unspecified atom stereocenters. The Kier molecular flexibility index (Phi) is 3.41. The first-order valence-electron chi connectivity index (χ1n) is 7.51. The molecule has 0 aliphatic carbocycles. The molecule has 0 radical (unpaired) electrons.